The van der Waals surface area contributed by atoms with E-state index >= 15 is 0 Å². The van der Waals surface area contributed by atoms with E-state index in [1.165, 1.54) is 6.92 Å². The van der Waals surface area contributed by atoms with Crippen LogP contribution in [0.2, 0.25) is 0 Å². The molecule has 1 aliphatic rings. The van der Waals surface area contributed by atoms with Crippen LogP contribution in [0.4, 0.5) is 11.4 Å². The first-order valence-electron chi connectivity index (χ1n) is 6.57. The predicted octanol–water partition coefficient (Wildman–Crippen LogP) is 1.73. The summed E-state index contributed by atoms with van der Waals surface area (Å²) in [6.07, 6.45) is 3.08. The van der Waals surface area contributed by atoms with Gasteiger partial charge in [-0.2, -0.15) is 0 Å². The Morgan fingerprint density at radius 2 is 1.95 bits per heavy atom. The first-order chi connectivity index (χ1) is 9.15. The van der Waals surface area contributed by atoms with Crippen molar-refractivity contribution in [2.75, 3.05) is 17.2 Å². The molecule has 1 aliphatic heterocycles. The van der Waals surface area contributed by atoms with Gasteiger partial charge in [-0.05, 0) is 37.6 Å². The molecule has 0 radical (unpaired) electrons. The van der Waals surface area contributed by atoms with Gasteiger partial charge >= 0.3 is 0 Å². The number of piperidine rings is 1. The second kappa shape index (κ2) is 6.33. The van der Waals surface area contributed by atoms with Gasteiger partial charge in [-0.3, -0.25) is 9.59 Å². The molecule has 2 rings (SSSR count). The Morgan fingerprint density at radius 1 is 1.21 bits per heavy atom. The Labute approximate surface area is 112 Å². The minimum atomic E-state index is -0.127. The summed E-state index contributed by atoms with van der Waals surface area (Å²) < 4.78 is 0. The number of rotatable bonds is 3. The highest BCUT2D eigenvalue weighted by atomic mass is 16.2. The summed E-state index contributed by atoms with van der Waals surface area (Å²) >= 11 is 0. The summed E-state index contributed by atoms with van der Waals surface area (Å²) in [5.41, 5.74) is 1.38. The Morgan fingerprint density at radius 3 is 2.58 bits per heavy atom. The van der Waals surface area contributed by atoms with E-state index in [4.69, 9.17) is 0 Å². The minimum absolute atomic E-state index is 0.0142. The van der Waals surface area contributed by atoms with E-state index in [0.29, 0.717) is 11.4 Å². The topological polar surface area (TPSA) is 70.2 Å². The fraction of sp³-hybridized carbons (Fsp3) is 0.429. The molecule has 1 fully saturated rings. The van der Waals surface area contributed by atoms with Gasteiger partial charge in [-0.1, -0.05) is 12.5 Å². The Hall–Kier alpha value is -1.88. The average Bonchev–Trinajstić information content (AvgIpc) is 2.39. The predicted molar refractivity (Wildman–Crippen MR) is 75.0 cm³/mol. The third-order valence-corrected chi connectivity index (χ3v) is 3.08. The van der Waals surface area contributed by atoms with Gasteiger partial charge in [0.1, 0.15) is 0 Å². The quantitative estimate of drug-likeness (QED) is 0.776. The fourth-order valence-electron chi connectivity index (χ4n) is 2.18. The van der Waals surface area contributed by atoms with E-state index < -0.39 is 0 Å². The molecule has 0 bridgehead atoms. The molecule has 0 aromatic heterocycles. The molecule has 19 heavy (non-hydrogen) atoms. The summed E-state index contributed by atoms with van der Waals surface area (Å²) in [6, 6.07) is 7.04. The van der Waals surface area contributed by atoms with Gasteiger partial charge < -0.3 is 16.0 Å². The van der Waals surface area contributed by atoms with Gasteiger partial charge in [0.05, 0.1) is 6.04 Å². The maximum absolute atomic E-state index is 12.0. The normalized spacial score (nSPS) is 18.7. The molecule has 1 atom stereocenters. The Balaban J connectivity index is 1.97. The zero-order valence-corrected chi connectivity index (χ0v) is 11.0. The van der Waals surface area contributed by atoms with Crippen molar-refractivity contribution in [3.63, 3.8) is 0 Å². The molecule has 102 valence electrons. The van der Waals surface area contributed by atoms with E-state index in [2.05, 4.69) is 16.0 Å². The highest BCUT2D eigenvalue weighted by molar-refractivity contribution is 5.96. The van der Waals surface area contributed by atoms with E-state index in [9.17, 15) is 9.59 Å². The zero-order valence-electron chi connectivity index (χ0n) is 11.0. The summed E-state index contributed by atoms with van der Waals surface area (Å²) in [6.45, 7) is 2.35. The number of hydrogen-bond acceptors (Lipinski definition) is 3. The van der Waals surface area contributed by atoms with Gasteiger partial charge in [-0.15, -0.1) is 0 Å². The lowest BCUT2D eigenvalue weighted by molar-refractivity contribution is -0.118. The summed E-state index contributed by atoms with van der Waals surface area (Å²) in [5, 5.41) is 8.77. The van der Waals surface area contributed by atoms with Crippen LogP contribution in [0.3, 0.4) is 0 Å². The lowest BCUT2D eigenvalue weighted by Gasteiger charge is -2.22. The molecular weight excluding hydrogens is 242 g/mol. The molecule has 1 aromatic carbocycles. The SMILES string of the molecule is CC(=O)Nc1cccc(NC(=O)[C@@H]2CCCCN2)c1. The maximum atomic E-state index is 12.0. The average molecular weight is 261 g/mol. The zero-order chi connectivity index (χ0) is 13.7. The second-order valence-electron chi connectivity index (χ2n) is 4.75. The van der Waals surface area contributed by atoms with Gasteiger partial charge in [0, 0.05) is 18.3 Å². The molecule has 1 aromatic rings. The van der Waals surface area contributed by atoms with E-state index in [1.807, 2.05) is 6.07 Å². The smallest absolute Gasteiger partial charge is 0.241 e. The lowest BCUT2D eigenvalue weighted by atomic mass is 10.0. The number of carbonyl (C=O) groups is 2. The monoisotopic (exact) mass is 261 g/mol. The molecule has 0 aliphatic carbocycles. The van der Waals surface area contributed by atoms with Crippen molar-refractivity contribution in [2.24, 2.45) is 0 Å². The molecule has 2 amide bonds. The number of anilines is 2. The summed E-state index contributed by atoms with van der Waals surface area (Å²) in [5.74, 6) is -0.142. The van der Waals surface area contributed by atoms with Crippen molar-refractivity contribution in [2.45, 2.75) is 32.2 Å². The number of carbonyl (C=O) groups excluding carboxylic acids is 2. The first kappa shape index (κ1) is 13.5. The molecular formula is C14H19N3O2. The standard InChI is InChI=1S/C14H19N3O2/c1-10(18)16-11-5-4-6-12(9-11)17-14(19)13-7-2-3-8-15-13/h4-6,9,13,15H,2-3,7-8H2,1H3,(H,16,18)(H,17,19)/t13-/m0/s1. The number of nitrogens with one attached hydrogen (secondary N) is 3. The maximum Gasteiger partial charge on any atom is 0.241 e. The van der Waals surface area contributed by atoms with Crippen molar-refractivity contribution in [1.82, 2.24) is 5.32 Å². The van der Waals surface area contributed by atoms with Crippen molar-refractivity contribution in [3.05, 3.63) is 24.3 Å². The minimum Gasteiger partial charge on any atom is -0.326 e. The van der Waals surface area contributed by atoms with Crippen molar-refractivity contribution in [1.29, 1.82) is 0 Å². The van der Waals surface area contributed by atoms with Gasteiger partial charge in [0.15, 0.2) is 0 Å². The second-order valence-corrected chi connectivity index (χ2v) is 4.75. The van der Waals surface area contributed by atoms with Crippen LogP contribution < -0.4 is 16.0 Å². The van der Waals surface area contributed by atoms with Gasteiger partial charge in [0.25, 0.3) is 0 Å². The van der Waals surface area contributed by atoms with Crippen LogP contribution in [0.1, 0.15) is 26.2 Å². The molecule has 1 heterocycles. The largest absolute Gasteiger partial charge is 0.326 e. The molecule has 0 saturated carbocycles. The molecule has 3 N–H and O–H groups in total. The van der Waals surface area contributed by atoms with Crippen LogP contribution >= 0.6 is 0 Å². The number of amides is 2. The van der Waals surface area contributed by atoms with Crippen LogP contribution in [0, 0.1) is 0 Å². The van der Waals surface area contributed by atoms with E-state index in [-0.39, 0.29) is 17.9 Å². The van der Waals surface area contributed by atoms with E-state index in [0.717, 1.165) is 25.8 Å². The molecule has 5 heteroatoms. The van der Waals surface area contributed by atoms with Crippen LogP contribution in [-0.4, -0.2) is 24.4 Å². The third kappa shape index (κ3) is 4.06. The fourth-order valence-corrected chi connectivity index (χ4v) is 2.18. The molecule has 5 nitrogen and oxygen atoms in total. The summed E-state index contributed by atoms with van der Waals surface area (Å²) in [4.78, 5) is 23.0. The van der Waals surface area contributed by atoms with Crippen molar-refractivity contribution >= 4 is 23.2 Å². The van der Waals surface area contributed by atoms with Crippen LogP contribution in [0.25, 0.3) is 0 Å². The Kier molecular flexibility index (Phi) is 4.52. The first-order valence-corrected chi connectivity index (χ1v) is 6.57. The van der Waals surface area contributed by atoms with Crippen molar-refractivity contribution in [3.8, 4) is 0 Å². The lowest BCUT2D eigenvalue weighted by Crippen LogP contribution is -2.43. The number of benzene rings is 1. The Bertz CT molecular complexity index is 468. The molecule has 0 unspecified atom stereocenters. The highest BCUT2D eigenvalue weighted by Gasteiger charge is 2.20. The number of hydrogen-bond donors (Lipinski definition) is 3. The van der Waals surface area contributed by atoms with Gasteiger partial charge in [0.2, 0.25) is 11.8 Å². The van der Waals surface area contributed by atoms with Crippen molar-refractivity contribution < 1.29 is 9.59 Å². The van der Waals surface area contributed by atoms with Crippen LogP contribution in [-0.2, 0) is 9.59 Å². The summed E-state index contributed by atoms with van der Waals surface area (Å²) in [7, 11) is 0. The molecule has 1 saturated heterocycles. The van der Waals surface area contributed by atoms with Crippen LogP contribution in [0.5, 0.6) is 0 Å². The van der Waals surface area contributed by atoms with Gasteiger partial charge in [-0.25, -0.2) is 0 Å². The third-order valence-electron chi connectivity index (χ3n) is 3.08. The highest BCUT2D eigenvalue weighted by Crippen LogP contribution is 2.16. The van der Waals surface area contributed by atoms with Crippen LogP contribution in [0.15, 0.2) is 24.3 Å². The molecule has 0 spiro atoms. The van der Waals surface area contributed by atoms with E-state index in [1.54, 1.807) is 18.2 Å².